The zero-order valence-electron chi connectivity index (χ0n) is 16.7. The molecule has 0 aromatic heterocycles. The average Bonchev–Trinajstić information content (AvgIpc) is 3.43. The first kappa shape index (κ1) is 25.3. The number of guanidine groups is 1. The second-order valence-corrected chi connectivity index (χ2v) is 7.08. The maximum Gasteiger partial charge on any atom is 0.411 e. The Bertz CT molecular complexity index is 869. The van der Waals surface area contributed by atoms with Gasteiger partial charge in [0, 0.05) is 31.1 Å². The highest BCUT2D eigenvalue weighted by Gasteiger charge is 2.42. The van der Waals surface area contributed by atoms with Crippen LogP contribution >= 0.6 is 24.0 Å². The summed E-state index contributed by atoms with van der Waals surface area (Å²) >= 11 is 0. The van der Waals surface area contributed by atoms with E-state index in [1.807, 2.05) is 0 Å². The lowest BCUT2D eigenvalue weighted by Crippen LogP contribution is -2.38. The fraction of sp³-hybridized carbons (Fsp3) is 0.381. The molecule has 1 aliphatic carbocycles. The van der Waals surface area contributed by atoms with E-state index < -0.39 is 24.4 Å². The van der Waals surface area contributed by atoms with Crippen LogP contribution in [0.2, 0.25) is 0 Å². The lowest BCUT2D eigenvalue weighted by molar-refractivity contribution is -0.176. The number of aliphatic imine (C=N–C) groups is 1. The summed E-state index contributed by atoms with van der Waals surface area (Å²) in [7, 11) is 1.59. The number of halogens is 6. The summed E-state index contributed by atoms with van der Waals surface area (Å²) in [6, 6.07) is 10.7. The molecule has 4 nitrogen and oxygen atoms in total. The number of hydrogen-bond donors (Lipinski definition) is 2. The van der Waals surface area contributed by atoms with E-state index in [2.05, 4.69) is 20.4 Å². The molecule has 0 bridgehead atoms. The van der Waals surface area contributed by atoms with Crippen LogP contribution in [0.1, 0.15) is 29.0 Å². The topological polar surface area (TPSA) is 45.7 Å². The fourth-order valence-corrected chi connectivity index (χ4v) is 3.13. The summed E-state index contributed by atoms with van der Waals surface area (Å²) in [5.74, 6) is -0.851. The van der Waals surface area contributed by atoms with Crippen molar-refractivity contribution in [3.05, 3.63) is 70.8 Å². The Hall–Kier alpha value is -1.95. The van der Waals surface area contributed by atoms with Crippen molar-refractivity contribution in [1.82, 2.24) is 10.6 Å². The van der Waals surface area contributed by atoms with Gasteiger partial charge in [-0.3, -0.25) is 4.99 Å². The number of alkyl halides is 3. The zero-order valence-corrected chi connectivity index (χ0v) is 19.0. The second-order valence-electron chi connectivity index (χ2n) is 7.08. The second kappa shape index (κ2) is 11.1. The quantitative estimate of drug-likeness (QED) is 0.222. The normalized spacial score (nSPS) is 18.3. The van der Waals surface area contributed by atoms with Gasteiger partial charge >= 0.3 is 6.18 Å². The van der Waals surface area contributed by atoms with E-state index in [1.54, 1.807) is 31.3 Å². The molecule has 10 heteroatoms. The van der Waals surface area contributed by atoms with Crippen LogP contribution in [0.25, 0.3) is 0 Å². The van der Waals surface area contributed by atoms with Crippen LogP contribution in [0.4, 0.5) is 22.0 Å². The Kier molecular flexibility index (Phi) is 9.04. The smallest absolute Gasteiger partial charge is 0.367 e. The molecule has 2 unspecified atom stereocenters. The van der Waals surface area contributed by atoms with Crippen molar-refractivity contribution in [1.29, 1.82) is 0 Å². The van der Waals surface area contributed by atoms with Gasteiger partial charge in [-0.05, 0) is 29.7 Å². The third-order valence-corrected chi connectivity index (χ3v) is 4.72. The first-order valence-corrected chi connectivity index (χ1v) is 9.40. The van der Waals surface area contributed by atoms with Gasteiger partial charge < -0.3 is 15.4 Å². The molecular formula is C21H23F5IN3O. The van der Waals surface area contributed by atoms with E-state index >= 15 is 0 Å². The van der Waals surface area contributed by atoms with Gasteiger partial charge in [-0.1, -0.05) is 30.3 Å². The zero-order chi connectivity index (χ0) is 21.7. The van der Waals surface area contributed by atoms with E-state index in [9.17, 15) is 22.0 Å². The van der Waals surface area contributed by atoms with E-state index in [1.165, 1.54) is 18.2 Å². The van der Waals surface area contributed by atoms with Gasteiger partial charge in [0.15, 0.2) is 5.96 Å². The lowest BCUT2D eigenvalue weighted by Gasteiger charge is -2.13. The number of rotatable bonds is 7. The van der Waals surface area contributed by atoms with E-state index in [4.69, 9.17) is 0 Å². The van der Waals surface area contributed by atoms with Crippen LogP contribution in [-0.2, 0) is 17.9 Å². The van der Waals surface area contributed by atoms with Crippen LogP contribution in [0.15, 0.2) is 47.5 Å². The van der Waals surface area contributed by atoms with E-state index in [0.29, 0.717) is 24.5 Å². The standard InChI is InChI=1S/C21H22F5N3O.HI/c1-27-20(29-18-9-15(18)19-16(22)3-2-4-17(19)23)28-10-13-5-7-14(8-6-13)11-30-12-21(24,25)26;/h2-8,15,18H,9-12H2,1H3,(H2,27,28,29);1H. The SMILES string of the molecule is CN=C(NCc1ccc(COCC(F)(F)F)cc1)NC1CC1c1c(F)cccc1F.I. The molecule has 0 radical (unpaired) electrons. The molecule has 0 amide bonds. The largest absolute Gasteiger partial charge is 0.411 e. The third-order valence-electron chi connectivity index (χ3n) is 4.72. The van der Waals surface area contributed by atoms with Gasteiger partial charge in [-0.15, -0.1) is 24.0 Å². The first-order chi connectivity index (χ1) is 14.3. The van der Waals surface area contributed by atoms with E-state index in [-0.39, 0.29) is 48.1 Å². The first-order valence-electron chi connectivity index (χ1n) is 9.40. The molecule has 2 N–H and O–H groups in total. The number of nitrogens with zero attached hydrogens (tertiary/aromatic N) is 1. The highest BCUT2D eigenvalue weighted by Crippen LogP contribution is 2.43. The summed E-state index contributed by atoms with van der Waals surface area (Å²) in [6.07, 6.45) is -3.74. The Balaban J connectivity index is 0.00000341. The summed E-state index contributed by atoms with van der Waals surface area (Å²) in [6.45, 7) is -0.974. The number of ether oxygens (including phenoxy) is 1. The molecule has 0 heterocycles. The number of hydrogen-bond acceptors (Lipinski definition) is 2. The molecule has 170 valence electrons. The molecule has 31 heavy (non-hydrogen) atoms. The molecule has 0 spiro atoms. The number of benzene rings is 2. The van der Waals surface area contributed by atoms with Gasteiger partial charge in [-0.25, -0.2) is 8.78 Å². The lowest BCUT2D eigenvalue weighted by atomic mass is 10.1. The Morgan fingerprint density at radius 2 is 1.68 bits per heavy atom. The van der Waals surface area contributed by atoms with Crippen molar-refractivity contribution in [2.24, 2.45) is 4.99 Å². The molecule has 0 aliphatic heterocycles. The molecule has 1 fully saturated rings. The minimum Gasteiger partial charge on any atom is -0.367 e. The molecule has 2 atom stereocenters. The van der Waals surface area contributed by atoms with Gasteiger partial charge in [0.2, 0.25) is 0 Å². The minimum absolute atomic E-state index is 0. The molecule has 1 aliphatic rings. The van der Waals surface area contributed by atoms with Crippen LogP contribution in [0.5, 0.6) is 0 Å². The van der Waals surface area contributed by atoms with Crippen molar-refractivity contribution < 1.29 is 26.7 Å². The molecule has 1 saturated carbocycles. The minimum atomic E-state index is -4.34. The van der Waals surface area contributed by atoms with Gasteiger partial charge in [0.25, 0.3) is 0 Å². The molecule has 3 rings (SSSR count). The summed E-state index contributed by atoms with van der Waals surface area (Å²) in [5, 5.41) is 6.26. The molecule has 0 saturated heterocycles. The van der Waals surface area contributed by atoms with Crippen LogP contribution in [0.3, 0.4) is 0 Å². The van der Waals surface area contributed by atoms with Crippen LogP contribution < -0.4 is 10.6 Å². The highest BCUT2D eigenvalue weighted by atomic mass is 127. The van der Waals surface area contributed by atoms with Crippen LogP contribution in [-0.4, -0.2) is 31.8 Å². The van der Waals surface area contributed by atoms with Crippen molar-refractivity contribution in [2.75, 3.05) is 13.7 Å². The van der Waals surface area contributed by atoms with Crippen molar-refractivity contribution in [3.63, 3.8) is 0 Å². The average molecular weight is 555 g/mol. The highest BCUT2D eigenvalue weighted by molar-refractivity contribution is 14.0. The number of nitrogens with one attached hydrogen (secondary N) is 2. The summed E-state index contributed by atoms with van der Waals surface area (Å²) in [4.78, 5) is 4.12. The van der Waals surface area contributed by atoms with Gasteiger partial charge in [-0.2, -0.15) is 13.2 Å². The molecule has 2 aromatic carbocycles. The maximum absolute atomic E-state index is 13.9. The monoisotopic (exact) mass is 555 g/mol. The third kappa shape index (κ3) is 7.60. The molecular weight excluding hydrogens is 532 g/mol. The van der Waals surface area contributed by atoms with Crippen molar-refractivity contribution in [3.8, 4) is 0 Å². The van der Waals surface area contributed by atoms with Gasteiger partial charge in [0.1, 0.15) is 18.2 Å². The Morgan fingerprint density at radius 1 is 1.06 bits per heavy atom. The predicted molar refractivity (Wildman–Crippen MR) is 118 cm³/mol. The fourth-order valence-electron chi connectivity index (χ4n) is 3.13. The van der Waals surface area contributed by atoms with Crippen LogP contribution in [0, 0.1) is 11.6 Å². The molecule has 2 aromatic rings. The van der Waals surface area contributed by atoms with Gasteiger partial charge in [0.05, 0.1) is 6.61 Å². The summed E-state index contributed by atoms with van der Waals surface area (Å²) < 4.78 is 68.7. The Morgan fingerprint density at radius 3 is 2.26 bits per heavy atom. The van der Waals surface area contributed by atoms with Crippen molar-refractivity contribution in [2.45, 2.75) is 37.7 Å². The van der Waals surface area contributed by atoms with E-state index in [0.717, 1.165) is 5.56 Å². The predicted octanol–water partition coefficient (Wildman–Crippen LogP) is 4.88. The maximum atomic E-state index is 13.9. The van der Waals surface area contributed by atoms with Crippen molar-refractivity contribution >= 4 is 29.9 Å². The Labute approximate surface area is 194 Å². The summed E-state index contributed by atoms with van der Waals surface area (Å²) in [5.41, 5.74) is 1.62.